The van der Waals surface area contributed by atoms with Crippen LogP contribution < -0.4 is 9.47 Å². The SMILES string of the molecule is COc1ccc(C(=O)CN2C(=O)c3ccccc3O[C@@H](C(C)C)C2=O)cc1F. The van der Waals surface area contributed by atoms with Gasteiger partial charge in [-0.3, -0.25) is 19.3 Å². The second kappa shape index (κ2) is 7.80. The van der Waals surface area contributed by atoms with E-state index >= 15 is 0 Å². The molecule has 6 nitrogen and oxygen atoms in total. The van der Waals surface area contributed by atoms with Crippen LogP contribution >= 0.6 is 0 Å². The molecule has 7 heteroatoms. The molecule has 0 spiro atoms. The van der Waals surface area contributed by atoms with Crippen molar-refractivity contribution < 1.29 is 28.2 Å². The highest BCUT2D eigenvalue weighted by Crippen LogP contribution is 2.28. The van der Waals surface area contributed by atoms with Crippen molar-refractivity contribution >= 4 is 17.6 Å². The molecule has 0 aliphatic carbocycles. The number of para-hydroxylation sites is 1. The number of imide groups is 1. The largest absolute Gasteiger partial charge is 0.494 e. The third-order valence-corrected chi connectivity index (χ3v) is 4.51. The summed E-state index contributed by atoms with van der Waals surface area (Å²) in [6.45, 7) is 3.07. The van der Waals surface area contributed by atoms with Crippen LogP contribution in [0, 0.1) is 11.7 Å². The summed E-state index contributed by atoms with van der Waals surface area (Å²) < 4.78 is 24.5. The van der Waals surface area contributed by atoms with Gasteiger partial charge in [-0.15, -0.1) is 0 Å². The molecule has 2 aromatic rings. The summed E-state index contributed by atoms with van der Waals surface area (Å²) in [5, 5.41) is 0. The summed E-state index contributed by atoms with van der Waals surface area (Å²) in [5.74, 6) is -2.40. The van der Waals surface area contributed by atoms with Crippen LogP contribution in [0.3, 0.4) is 0 Å². The number of ketones is 1. The van der Waals surface area contributed by atoms with Crippen molar-refractivity contribution in [1.29, 1.82) is 0 Å². The monoisotopic (exact) mass is 385 g/mol. The second-order valence-electron chi connectivity index (χ2n) is 6.78. The number of amides is 2. The number of hydrogen-bond donors (Lipinski definition) is 0. The Morgan fingerprint density at radius 3 is 2.57 bits per heavy atom. The molecule has 1 aliphatic rings. The van der Waals surface area contributed by atoms with Crippen LogP contribution in [0.15, 0.2) is 42.5 Å². The van der Waals surface area contributed by atoms with E-state index in [0.717, 1.165) is 11.0 Å². The van der Waals surface area contributed by atoms with E-state index in [4.69, 9.17) is 9.47 Å². The number of nitrogens with zero attached hydrogens (tertiary/aromatic N) is 1. The van der Waals surface area contributed by atoms with Crippen molar-refractivity contribution in [1.82, 2.24) is 4.90 Å². The summed E-state index contributed by atoms with van der Waals surface area (Å²) in [7, 11) is 1.32. The number of Topliss-reactive ketones (excluding diaryl/α,β-unsaturated/α-hetero) is 1. The van der Waals surface area contributed by atoms with Gasteiger partial charge in [0.25, 0.3) is 11.8 Å². The maximum atomic E-state index is 13.9. The molecule has 146 valence electrons. The molecule has 1 aliphatic heterocycles. The topological polar surface area (TPSA) is 72.9 Å². The van der Waals surface area contributed by atoms with Crippen molar-refractivity contribution in [2.75, 3.05) is 13.7 Å². The number of ether oxygens (including phenoxy) is 2. The molecule has 28 heavy (non-hydrogen) atoms. The lowest BCUT2D eigenvalue weighted by molar-refractivity contribution is -0.136. The fourth-order valence-corrected chi connectivity index (χ4v) is 2.98. The Hall–Kier alpha value is -3.22. The summed E-state index contributed by atoms with van der Waals surface area (Å²) in [6, 6.07) is 10.2. The molecule has 2 aromatic carbocycles. The molecule has 0 unspecified atom stereocenters. The first-order valence-electron chi connectivity index (χ1n) is 8.81. The molecule has 0 bridgehead atoms. The van der Waals surface area contributed by atoms with E-state index in [9.17, 15) is 18.8 Å². The standard InChI is InChI=1S/C21H20FNO5/c1-12(2)19-21(26)23(20(25)14-6-4-5-7-17(14)28-19)11-16(24)13-8-9-18(27-3)15(22)10-13/h4-10,12,19H,11H2,1-3H3/t19-/m0/s1. The van der Waals surface area contributed by atoms with Crippen LogP contribution in [-0.4, -0.2) is 42.3 Å². The van der Waals surface area contributed by atoms with Crippen LogP contribution in [-0.2, 0) is 4.79 Å². The first-order chi connectivity index (χ1) is 13.3. The first kappa shape index (κ1) is 19.5. The van der Waals surface area contributed by atoms with Gasteiger partial charge in [0, 0.05) is 5.56 Å². The molecular formula is C21H20FNO5. The lowest BCUT2D eigenvalue weighted by Gasteiger charge is -2.24. The van der Waals surface area contributed by atoms with Gasteiger partial charge in [0.2, 0.25) is 0 Å². The van der Waals surface area contributed by atoms with Gasteiger partial charge in [-0.1, -0.05) is 26.0 Å². The number of methoxy groups -OCH3 is 1. The van der Waals surface area contributed by atoms with Crippen molar-refractivity contribution in [3.05, 3.63) is 59.4 Å². The Kier molecular flexibility index (Phi) is 5.44. The number of benzene rings is 2. The van der Waals surface area contributed by atoms with E-state index in [0.29, 0.717) is 5.75 Å². The third-order valence-electron chi connectivity index (χ3n) is 4.51. The number of rotatable bonds is 5. The Balaban J connectivity index is 1.94. The van der Waals surface area contributed by atoms with Crippen LogP contribution in [0.2, 0.25) is 0 Å². The Morgan fingerprint density at radius 2 is 1.93 bits per heavy atom. The zero-order valence-corrected chi connectivity index (χ0v) is 15.8. The van der Waals surface area contributed by atoms with E-state index < -0.39 is 36.1 Å². The Morgan fingerprint density at radius 1 is 1.21 bits per heavy atom. The van der Waals surface area contributed by atoms with Crippen LogP contribution in [0.5, 0.6) is 11.5 Å². The van der Waals surface area contributed by atoms with Gasteiger partial charge >= 0.3 is 0 Å². The van der Waals surface area contributed by atoms with E-state index in [-0.39, 0.29) is 22.8 Å². The van der Waals surface area contributed by atoms with Crippen LogP contribution in [0.25, 0.3) is 0 Å². The zero-order valence-electron chi connectivity index (χ0n) is 15.8. The van der Waals surface area contributed by atoms with Gasteiger partial charge in [0.1, 0.15) is 5.75 Å². The summed E-state index contributed by atoms with van der Waals surface area (Å²) >= 11 is 0. The van der Waals surface area contributed by atoms with Crippen LogP contribution in [0.4, 0.5) is 4.39 Å². The second-order valence-corrected chi connectivity index (χ2v) is 6.78. The number of carbonyl (C=O) groups is 3. The molecule has 0 N–H and O–H groups in total. The zero-order chi connectivity index (χ0) is 20.4. The molecule has 3 rings (SSSR count). The smallest absolute Gasteiger partial charge is 0.271 e. The molecule has 0 saturated heterocycles. The first-order valence-corrected chi connectivity index (χ1v) is 8.81. The molecular weight excluding hydrogens is 365 g/mol. The van der Waals surface area contributed by atoms with E-state index in [2.05, 4.69) is 0 Å². The van der Waals surface area contributed by atoms with Crippen LogP contribution in [0.1, 0.15) is 34.6 Å². The lowest BCUT2D eigenvalue weighted by atomic mass is 10.0. The number of carbonyl (C=O) groups excluding carboxylic acids is 3. The summed E-state index contributed by atoms with van der Waals surface area (Å²) in [5.41, 5.74) is 0.242. The predicted octanol–water partition coefficient (Wildman–Crippen LogP) is 3.10. The Bertz CT molecular complexity index is 940. The maximum absolute atomic E-state index is 13.9. The highest BCUT2D eigenvalue weighted by molar-refractivity contribution is 6.12. The normalized spacial score (nSPS) is 16.5. The van der Waals surface area contributed by atoms with Gasteiger partial charge in [0.15, 0.2) is 23.5 Å². The molecule has 2 amide bonds. The highest BCUT2D eigenvalue weighted by Gasteiger charge is 2.38. The average Bonchev–Trinajstić information content (AvgIpc) is 2.78. The van der Waals surface area contributed by atoms with Gasteiger partial charge in [-0.25, -0.2) is 4.39 Å². The fraction of sp³-hybridized carbons (Fsp3) is 0.286. The van der Waals surface area contributed by atoms with E-state index in [1.54, 1.807) is 32.0 Å². The van der Waals surface area contributed by atoms with Gasteiger partial charge < -0.3 is 9.47 Å². The fourth-order valence-electron chi connectivity index (χ4n) is 2.98. The molecule has 0 aromatic heterocycles. The minimum Gasteiger partial charge on any atom is -0.494 e. The average molecular weight is 385 g/mol. The molecule has 0 fully saturated rings. The van der Waals surface area contributed by atoms with Crippen molar-refractivity contribution in [3.63, 3.8) is 0 Å². The minimum atomic E-state index is -0.909. The third kappa shape index (κ3) is 3.60. The van der Waals surface area contributed by atoms with Crippen molar-refractivity contribution in [2.24, 2.45) is 5.92 Å². The van der Waals surface area contributed by atoms with E-state index in [1.807, 2.05) is 0 Å². The lowest BCUT2D eigenvalue weighted by Crippen LogP contribution is -2.47. The Labute approximate surface area is 161 Å². The molecule has 0 saturated carbocycles. The maximum Gasteiger partial charge on any atom is 0.271 e. The number of hydrogen-bond acceptors (Lipinski definition) is 5. The van der Waals surface area contributed by atoms with Crippen molar-refractivity contribution in [2.45, 2.75) is 20.0 Å². The highest BCUT2D eigenvalue weighted by atomic mass is 19.1. The molecule has 1 atom stereocenters. The summed E-state index contributed by atoms with van der Waals surface area (Å²) in [4.78, 5) is 39.4. The minimum absolute atomic E-state index is 0.000624. The quantitative estimate of drug-likeness (QED) is 0.584. The summed E-state index contributed by atoms with van der Waals surface area (Å²) in [6.07, 6.45) is -0.909. The number of fused-ring (bicyclic) bond motifs is 1. The van der Waals surface area contributed by atoms with Crippen molar-refractivity contribution in [3.8, 4) is 11.5 Å². The molecule has 0 radical (unpaired) electrons. The number of halogens is 1. The predicted molar refractivity (Wildman–Crippen MR) is 99.0 cm³/mol. The van der Waals surface area contributed by atoms with Gasteiger partial charge in [-0.2, -0.15) is 0 Å². The van der Waals surface area contributed by atoms with E-state index in [1.165, 1.54) is 25.3 Å². The van der Waals surface area contributed by atoms with Gasteiger partial charge in [0.05, 0.1) is 19.2 Å². The van der Waals surface area contributed by atoms with Gasteiger partial charge in [-0.05, 0) is 36.2 Å². The molecule has 1 heterocycles.